The highest BCUT2D eigenvalue weighted by Crippen LogP contribution is 2.40. The summed E-state index contributed by atoms with van der Waals surface area (Å²) in [6.07, 6.45) is 19.6. The van der Waals surface area contributed by atoms with Gasteiger partial charge < -0.3 is 4.42 Å². The number of para-hydroxylation sites is 1. The Morgan fingerprint density at radius 1 is 0.527 bits per heavy atom. The summed E-state index contributed by atoms with van der Waals surface area (Å²) in [6.45, 7) is 0. The van der Waals surface area contributed by atoms with Gasteiger partial charge in [-0.25, -0.2) is 15.0 Å². The average molecular weight is 706 g/mol. The van der Waals surface area contributed by atoms with E-state index in [1.54, 1.807) is 0 Å². The second-order valence-corrected chi connectivity index (χ2v) is 14.8. The van der Waals surface area contributed by atoms with Crippen LogP contribution in [-0.4, -0.2) is 15.0 Å². The third kappa shape index (κ3) is 5.66. The first kappa shape index (κ1) is 31.6. The van der Waals surface area contributed by atoms with Crippen LogP contribution in [-0.2, 0) is 6.42 Å². The molecule has 0 N–H and O–H groups in total. The maximum Gasteiger partial charge on any atom is 0.163 e. The van der Waals surface area contributed by atoms with Gasteiger partial charge in [0.1, 0.15) is 17.0 Å². The van der Waals surface area contributed by atoms with Crippen molar-refractivity contribution in [1.29, 1.82) is 0 Å². The quantitative estimate of drug-likeness (QED) is 0.179. The summed E-state index contributed by atoms with van der Waals surface area (Å²) in [4.78, 5) is 15.5. The van der Waals surface area contributed by atoms with Crippen LogP contribution in [0.1, 0.15) is 34.9 Å². The van der Waals surface area contributed by atoms with Gasteiger partial charge in [0.15, 0.2) is 11.6 Å². The molecular formula is C51H35N3O. The molecular weight excluding hydrogens is 671 g/mol. The smallest absolute Gasteiger partial charge is 0.163 e. The first-order valence-electron chi connectivity index (χ1n) is 19.0. The molecule has 0 radical (unpaired) electrons. The fourth-order valence-corrected chi connectivity index (χ4v) is 8.48. The molecule has 2 atom stereocenters. The molecule has 0 fully saturated rings. The summed E-state index contributed by atoms with van der Waals surface area (Å²) < 4.78 is 6.20. The summed E-state index contributed by atoms with van der Waals surface area (Å²) in [5.74, 6) is 2.60. The third-order valence-corrected chi connectivity index (χ3v) is 11.4. The molecule has 2 heterocycles. The van der Waals surface area contributed by atoms with Crippen LogP contribution in [0.5, 0.6) is 0 Å². The van der Waals surface area contributed by atoms with Gasteiger partial charge in [-0.2, -0.15) is 0 Å². The third-order valence-electron chi connectivity index (χ3n) is 11.4. The van der Waals surface area contributed by atoms with E-state index in [4.69, 9.17) is 19.4 Å². The molecule has 8 aromatic rings. The molecule has 2 unspecified atom stereocenters. The van der Waals surface area contributed by atoms with Gasteiger partial charge in [-0.3, -0.25) is 0 Å². The Kier molecular flexibility index (Phi) is 7.41. The number of hydrogen-bond donors (Lipinski definition) is 0. The minimum atomic E-state index is 0.00537. The van der Waals surface area contributed by atoms with Crippen molar-refractivity contribution < 1.29 is 4.42 Å². The maximum atomic E-state index is 6.20. The number of benzene rings is 6. The standard InChI is InChI=1S/C51H35N3O/c1-3-10-36-28-38(22-18-32(36)8-1)34-16-20-35(21-17-34)49-52-50(42-26-19-33-9-2-4-11-37(33)30-42)54-51(53-49)43-27-24-39-29-41(25-23-40(39)31-43)44-13-7-15-47-48(44)45-12-5-6-14-46(45)55-47/h1-27,29-30,36,43H,28,31H2. The number of fused-ring (bicyclic) bond motifs is 6. The Balaban J connectivity index is 0.953. The molecule has 0 aliphatic heterocycles. The van der Waals surface area contributed by atoms with E-state index < -0.39 is 0 Å². The van der Waals surface area contributed by atoms with Crippen LogP contribution in [0.4, 0.5) is 0 Å². The number of furan rings is 1. The number of nitrogens with zero attached hydrogens (tertiary/aromatic N) is 3. The molecule has 55 heavy (non-hydrogen) atoms. The van der Waals surface area contributed by atoms with Crippen molar-refractivity contribution in [1.82, 2.24) is 15.0 Å². The van der Waals surface area contributed by atoms with Crippen molar-refractivity contribution in [2.45, 2.75) is 18.8 Å². The Morgan fingerprint density at radius 3 is 2.24 bits per heavy atom. The van der Waals surface area contributed by atoms with Crippen molar-refractivity contribution in [2.24, 2.45) is 5.92 Å². The highest BCUT2D eigenvalue weighted by Gasteiger charge is 2.23. The van der Waals surface area contributed by atoms with E-state index in [1.807, 2.05) is 12.1 Å². The van der Waals surface area contributed by atoms with Crippen molar-refractivity contribution in [3.63, 3.8) is 0 Å². The monoisotopic (exact) mass is 705 g/mol. The molecule has 11 rings (SSSR count). The summed E-state index contributed by atoms with van der Waals surface area (Å²) in [5, 5.41) is 4.65. The van der Waals surface area contributed by atoms with Crippen LogP contribution >= 0.6 is 0 Å². The predicted octanol–water partition coefficient (Wildman–Crippen LogP) is 12.7. The van der Waals surface area contributed by atoms with Crippen molar-refractivity contribution in [3.05, 3.63) is 198 Å². The van der Waals surface area contributed by atoms with Crippen LogP contribution < -0.4 is 0 Å². The SMILES string of the molecule is C1=CC2=CC=C(c3ccc(-c4nc(-c5ccc6ccccc6c5)nc(C5C=Cc6cc(-c7cccc8oc9ccccc9c78)ccc6C5)n4)cc3)CC2C=C1. The van der Waals surface area contributed by atoms with E-state index in [9.17, 15) is 0 Å². The van der Waals surface area contributed by atoms with Gasteiger partial charge in [0.2, 0.25) is 0 Å². The van der Waals surface area contributed by atoms with E-state index in [-0.39, 0.29) is 5.92 Å². The summed E-state index contributed by atoms with van der Waals surface area (Å²) in [5.41, 5.74) is 12.6. The molecule has 260 valence electrons. The first-order valence-corrected chi connectivity index (χ1v) is 19.0. The number of hydrogen-bond acceptors (Lipinski definition) is 4. The minimum absolute atomic E-state index is 0.00537. The molecule has 4 nitrogen and oxygen atoms in total. The van der Waals surface area contributed by atoms with Crippen molar-refractivity contribution in [2.75, 3.05) is 0 Å². The second-order valence-electron chi connectivity index (χ2n) is 14.8. The summed E-state index contributed by atoms with van der Waals surface area (Å²) in [7, 11) is 0. The zero-order chi connectivity index (χ0) is 36.3. The Labute approximate surface area is 319 Å². The number of rotatable bonds is 5. The molecule has 2 aromatic heterocycles. The van der Waals surface area contributed by atoms with Crippen molar-refractivity contribution >= 4 is 44.4 Å². The molecule has 0 spiro atoms. The van der Waals surface area contributed by atoms with E-state index in [0.717, 1.165) is 57.1 Å². The zero-order valence-corrected chi connectivity index (χ0v) is 30.1. The molecule has 6 aromatic carbocycles. The average Bonchev–Trinajstić information content (AvgIpc) is 3.65. The van der Waals surface area contributed by atoms with Gasteiger partial charge >= 0.3 is 0 Å². The van der Waals surface area contributed by atoms with E-state index >= 15 is 0 Å². The van der Waals surface area contributed by atoms with Gasteiger partial charge in [0.25, 0.3) is 0 Å². The zero-order valence-electron chi connectivity index (χ0n) is 30.1. The van der Waals surface area contributed by atoms with Gasteiger partial charge in [0.05, 0.1) is 0 Å². The maximum absolute atomic E-state index is 6.20. The second kappa shape index (κ2) is 12.9. The van der Waals surface area contributed by atoms with Crippen molar-refractivity contribution in [3.8, 4) is 33.9 Å². The van der Waals surface area contributed by atoms with Gasteiger partial charge in [-0.1, -0.05) is 152 Å². The largest absolute Gasteiger partial charge is 0.456 e. The Morgan fingerprint density at radius 2 is 1.31 bits per heavy atom. The summed E-state index contributed by atoms with van der Waals surface area (Å²) >= 11 is 0. The number of aromatic nitrogens is 3. The van der Waals surface area contributed by atoms with Crippen LogP contribution in [0.3, 0.4) is 0 Å². The molecule has 3 aliphatic rings. The fourth-order valence-electron chi connectivity index (χ4n) is 8.48. The Hall–Kier alpha value is -6.91. The minimum Gasteiger partial charge on any atom is -0.456 e. The van der Waals surface area contributed by atoms with E-state index in [2.05, 4.69) is 164 Å². The topological polar surface area (TPSA) is 51.8 Å². The molecule has 0 amide bonds. The highest BCUT2D eigenvalue weighted by atomic mass is 16.3. The van der Waals surface area contributed by atoms with Gasteiger partial charge in [-0.15, -0.1) is 0 Å². The Bertz CT molecular complexity index is 2990. The first-order chi connectivity index (χ1) is 27.2. The highest BCUT2D eigenvalue weighted by molar-refractivity contribution is 6.12. The summed E-state index contributed by atoms with van der Waals surface area (Å²) in [6, 6.07) is 45.0. The molecule has 3 aliphatic carbocycles. The van der Waals surface area contributed by atoms with Crippen LogP contribution in [0.25, 0.3) is 78.3 Å². The lowest BCUT2D eigenvalue weighted by atomic mass is 9.82. The van der Waals surface area contributed by atoms with E-state index in [1.165, 1.54) is 44.3 Å². The normalized spacial score (nSPS) is 17.3. The van der Waals surface area contributed by atoms with Gasteiger partial charge in [-0.05, 0) is 86.8 Å². The molecule has 0 saturated heterocycles. The molecule has 0 bridgehead atoms. The molecule has 0 saturated carbocycles. The lowest BCUT2D eigenvalue weighted by Crippen LogP contribution is -2.12. The van der Waals surface area contributed by atoms with Crippen LogP contribution in [0.15, 0.2) is 180 Å². The van der Waals surface area contributed by atoms with Crippen LogP contribution in [0.2, 0.25) is 0 Å². The fraction of sp³-hybridized carbons (Fsp3) is 0.0784. The lowest BCUT2D eigenvalue weighted by Gasteiger charge is -2.22. The predicted molar refractivity (Wildman–Crippen MR) is 225 cm³/mol. The van der Waals surface area contributed by atoms with Crippen LogP contribution in [0, 0.1) is 5.92 Å². The molecule has 4 heteroatoms. The van der Waals surface area contributed by atoms with E-state index in [0.29, 0.717) is 17.6 Å². The lowest BCUT2D eigenvalue weighted by molar-refractivity contribution is 0.669. The van der Waals surface area contributed by atoms with Gasteiger partial charge in [0, 0.05) is 33.7 Å². The number of allylic oxidation sites excluding steroid dienone is 9.